The average Bonchev–Trinajstić information content (AvgIpc) is 2.86. The third kappa shape index (κ3) is 3.47. The van der Waals surface area contributed by atoms with E-state index in [2.05, 4.69) is 15.6 Å². The summed E-state index contributed by atoms with van der Waals surface area (Å²) in [5.74, 6) is -0.917. The van der Waals surface area contributed by atoms with Crippen molar-refractivity contribution in [2.45, 2.75) is 6.92 Å². The molecule has 0 spiro atoms. The lowest BCUT2D eigenvalue weighted by Gasteiger charge is -2.08. The van der Waals surface area contributed by atoms with Gasteiger partial charge in [-0.2, -0.15) is 0 Å². The lowest BCUT2D eigenvalue weighted by Crippen LogP contribution is -2.37. The number of phenolic OH excluding ortho intramolecular Hbond substituents is 1. The number of phenols is 1. The van der Waals surface area contributed by atoms with Gasteiger partial charge in [0.25, 0.3) is 0 Å². The fourth-order valence-electron chi connectivity index (χ4n) is 1.49. The van der Waals surface area contributed by atoms with E-state index in [0.29, 0.717) is 11.7 Å². The molecule has 0 unspecified atom stereocenters. The van der Waals surface area contributed by atoms with Gasteiger partial charge in [-0.15, -0.1) is 0 Å². The molecule has 6 nitrogen and oxygen atoms in total. The highest BCUT2D eigenvalue weighted by Crippen LogP contribution is 2.23. The van der Waals surface area contributed by atoms with Crippen molar-refractivity contribution in [1.29, 1.82) is 0 Å². The molecular formula is C12H13N3O3S. The first-order chi connectivity index (χ1) is 9.06. The van der Waals surface area contributed by atoms with E-state index in [1.54, 1.807) is 12.1 Å². The molecule has 0 aromatic heterocycles. The van der Waals surface area contributed by atoms with E-state index >= 15 is 0 Å². The van der Waals surface area contributed by atoms with Crippen molar-refractivity contribution in [2.24, 2.45) is 4.99 Å². The average molecular weight is 279 g/mol. The molecule has 100 valence electrons. The molecule has 1 aliphatic heterocycles. The van der Waals surface area contributed by atoms with Crippen LogP contribution in [0.25, 0.3) is 0 Å². The zero-order valence-corrected chi connectivity index (χ0v) is 11.1. The molecule has 19 heavy (non-hydrogen) atoms. The second kappa shape index (κ2) is 5.75. The number of carbonyl (C=O) groups is 2. The Morgan fingerprint density at radius 1 is 1.32 bits per heavy atom. The summed E-state index contributed by atoms with van der Waals surface area (Å²) < 4.78 is 0. The van der Waals surface area contributed by atoms with Gasteiger partial charge in [-0.1, -0.05) is 17.8 Å². The highest BCUT2D eigenvalue weighted by Gasteiger charge is 2.18. The molecule has 0 radical (unpaired) electrons. The summed E-state index contributed by atoms with van der Waals surface area (Å²) in [6.07, 6.45) is 0. The summed E-state index contributed by atoms with van der Waals surface area (Å²) >= 11 is 1.39. The number of hydrogen-bond donors (Lipinski definition) is 3. The molecule has 0 saturated heterocycles. The number of aliphatic imine (C=N–C) groups is 1. The maximum absolute atomic E-state index is 11.7. The largest absolute Gasteiger partial charge is 0.506 e. The van der Waals surface area contributed by atoms with Crippen molar-refractivity contribution in [3.8, 4) is 5.75 Å². The summed E-state index contributed by atoms with van der Waals surface area (Å²) in [5, 5.41) is 14.8. The lowest BCUT2D eigenvalue weighted by atomic mass is 10.2. The molecule has 1 aromatic carbocycles. The molecule has 1 aliphatic rings. The van der Waals surface area contributed by atoms with Crippen LogP contribution < -0.4 is 10.6 Å². The van der Waals surface area contributed by atoms with Gasteiger partial charge in [-0.3, -0.25) is 19.9 Å². The Morgan fingerprint density at radius 2 is 2.05 bits per heavy atom. The highest BCUT2D eigenvalue weighted by molar-refractivity contribution is 8.14. The Labute approximate surface area is 114 Å². The summed E-state index contributed by atoms with van der Waals surface area (Å²) in [7, 11) is 0. The van der Waals surface area contributed by atoms with Gasteiger partial charge < -0.3 is 10.4 Å². The second-order valence-corrected chi connectivity index (χ2v) is 5.05. The standard InChI is InChI=1S/C12H13N3O3S/c1-7-2-3-9(16)8(6-7)14-10(17)11(18)15-12-13-4-5-19-12/h2-3,6,16H,4-5H2,1H3,(H,14,17)(H,13,15,18). The van der Waals surface area contributed by atoms with E-state index < -0.39 is 11.8 Å². The van der Waals surface area contributed by atoms with Gasteiger partial charge in [0.1, 0.15) is 5.75 Å². The number of carbonyl (C=O) groups excluding carboxylic acids is 2. The number of nitrogens with zero attached hydrogens (tertiary/aromatic N) is 1. The summed E-state index contributed by atoms with van der Waals surface area (Å²) in [6.45, 7) is 2.46. The fraction of sp³-hybridized carbons (Fsp3) is 0.250. The van der Waals surface area contributed by atoms with Crippen LogP contribution in [0.5, 0.6) is 5.75 Å². The zero-order valence-electron chi connectivity index (χ0n) is 10.3. The zero-order chi connectivity index (χ0) is 13.8. The van der Waals surface area contributed by atoms with Crippen molar-refractivity contribution in [1.82, 2.24) is 5.32 Å². The SMILES string of the molecule is Cc1ccc(O)c(NC(=O)C(=O)NC2=NCCS2)c1. The van der Waals surface area contributed by atoms with Crippen LogP contribution in [-0.4, -0.2) is 34.4 Å². The third-order valence-corrected chi connectivity index (χ3v) is 3.30. The number of aryl methyl sites for hydroxylation is 1. The first-order valence-electron chi connectivity index (χ1n) is 5.65. The van der Waals surface area contributed by atoms with Crippen LogP contribution in [0.15, 0.2) is 23.2 Å². The Kier molecular flexibility index (Phi) is 4.06. The van der Waals surface area contributed by atoms with E-state index in [1.807, 2.05) is 6.92 Å². The minimum atomic E-state index is -0.837. The predicted octanol–water partition coefficient (Wildman–Crippen LogP) is 0.858. The van der Waals surface area contributed by atoms with Crippen LogP contribution in [0.4, 0.5) is 5.69 Å². The van der Waals surface area contributed by atoms with Crippen molar-refractivity contribution >= 4 is 34.4 Å². The number of amides is 2. The molecule has 0 bridgehead atoms. The fourth-order valence-corrected chi connectivity index (χ4v) is 2.22. The van der Waals surface area contributed by atoms with Gasteiger partial charge in [0.15, 0.2) is 5.17 Å². The molecule has 2 amide bonds. The number of hydrogen-bond acceptors (Lipinski definition) is 5. The topological polar surface area (TPSA) is 90.8 Å². The number of anilines is 1. The van der Waals surface area contributed by atoms with E-state index in [-0.39, 0.29) is 11.4 Å². The minimum absolute atomic E-state index is 0.0840. The Bertz CT molecular complexity index is 557. The Morgan fingerprint density at radius 3 is 2.74 bits per heavy atom. The van der Waals surface area contributed by atoms with Crippen LogP contribution >= 0.6 is 11.8 Å². The maximum atomic E-state index is 11.7. The summed E-state index contributed by atoms with van der Waals surface area (Å²) in [4.78, 5) is 27.3. The molecule has 2 rings (SSSR count). The van der Waals surface area contributed by atoms with Gasteiger partial charge in [0.05, 0.1) is 12.2 Å². The summed E-state index contributed by atoms with van der Waals surface area (Å²) in [6, 6.07) is 4.75. The third-order valence-electron chi connectivity index (χ3n) is 2.41. The molecule has 7 heteroatoms. The first kappa shape index (κ1) is 13.4. The first-order valence-corrected chi connectivity index (χ1v) is 6.64. The second-order valence-electron chi connectivity index (χ2n) is 3.96. The van der Waals surface area contributed by atoms with Crippen LogP contribution in [0.3, 0.4) is 0 Å². The highest BCUT2D eigenvalue weighted by atomic mass is 32.2. The predicted molar refractivity (Wildman–Crippen MR) is 74.4 cm³/mol. The molecular weight excluding hydrogens is 266 g/mol. The van der Waals surface area contributed by atoms with E-state index in [0.717, 1.165) is 11.3 Å². The van der Waals surface area contributed by atoms with E-state index in [4.69, 9.17) is 0 Å². The molecule has 3 N–H and O–H groups in total. The minimum Gasteiger partial charge on any atom is -0.506 e. The van der Waals surface area contributed by atoms with Crippen LogP contribution in [-0.2, 0) is 9.59 Å². The molecule has 1 aromatic rings. The van der Waals surface area contributed by atoms with Crippen LogP contribution in [0, 0.1) is 6.92 Å². The smallest absolute Gasteiger partial charge is 0.315 e. The number of benzene rings is 1. The maximum Gasteiger partial charge on any atom is 0.315 e. The van der Waals surface area contributed by atoms with E-state index in [9.17, 15) is 14.7 Å². The number of nitrogens with one attached hydrogen (secondary N) is 2. The monoisotopic (exact) mass is 279 g/mol. The van der Waals surface area contributed by atoms with Gasteiger partial charge in [0, 0.05) is 5.75 Å². The molecule has 0 atom stereocenters. The molecule has 0 aliphatic carbocycles. The van der Waals surface area contributed by atoms with Gasteiger partial charge in [0.2, 0.25) is 0 Å². The number of aromatic hydroxyl groups is 1. The molecule has 0 saturated carbocycles. The number of thioether (sulfide) groups is 1. The van der Waals surface area contributed by atoms with Crippen LogP contribution in [0.1, 0.15) is 5.56 Å². The molecule has 1 heterocycles. The van der Waals surface area contributed by atoms with Gasteiger partial charge in [-0.25, -0.2) is 0 Å². The lowest BCUT2D eigenvalue weighted by molar-refractivity contribution is -0.135. The van der Waals surface area contributed by atoms with Crippen molar-refractivity contribution in [2.75, 3.05) is 17.6 Å². The van der Waals surface area contributed by atoms with Gasteiger partial charge >= 0.3 is 11.8 Å². The van der Waals surface area contributed by atoms with Gasteiger partial charge in [-0.05, 0) is 24.6 Å². The molecule has 0 fully saturated rings. The van der Waals surface area contributed by atoms with Crippen molar-refractivity contribution in [3.63, 3.8) is 0 Å². The normalized spacial score (nSPS) is 13.8. The van der Waals surface area contributed by atoms with Crippen molar-refractivity contribution in [3.05, 3.63) is 23.8 Å². The quantitative estimate of drug-likeness (QED) is 0.525. The number of amidine groups is 1. The Hall–Kier alpha value is -2.02. The number of rotatable bonds is 1. The van der Waals surface area contributed by atoms with E-state index in [1.165, 1.54) is 17.8 Å². The summed E-state index contributed by atoms with van der Waals surface area (Å²) in [5.41, 5.74) is 1.07. The van der Waals surface area contributed by atoms with Crippen molar-refractivity contribution < 1.29 is 14.7 Å². The Balaban J connectivity index is 2.00. The van der Waals surface area contributed by atoms with Crippen LogP contribution in [0.2, 0.25) is 0 Å².